The summed E-state index contributed by atoms with van der Waals surface area (Å²) in [4.78, 5) is 4.51. The van der Waals surface area contributed by atoms with Gasteiger partial charge in [-0.1, -0.05) is 57.0 Å². The molecule has 0 aliphatic heterocycles. The number of hydrogen-bond donors (Lipinski definition) is 2. The highest BCUT2D eigenvalue weighted by molar-refractivity contribution is 14.0. The van der Waals surface area contributed by atoms with Crippen molar-refractivity contribution < 1.29 is 0 Å². The Kier molecular flexibility index (Phi) is 9.69. The van der Waals surface area contributed by atoms with Crippen molar-refractivity contribution in [3.8, 4) is 11.3 Å². The highest BCUT2D eigenvalue weighted by atomic mass is 127. The summed E-state index contributed by atoms with van der Waals surface area (Å²) in [6.45, 7) is 7.19. The molecule has 2 rings (SSSR count). The van der Waals surface area contributed by atoms with E-state index in [0.29, 0.717) is 18.5 Å². The van der Waals surface area contributed by atoms with Crippen molar-refractivity contribution in [2.45, 2.75) is 52.6 Å². The highest BCUT2D eigenvalue weighted by Gasteiger charge is 2.10. The molecule has 1 aromatic heterocycles. The Morgan fingerprint density at radius 2 is 1.88 bits per heavy atom. The maximum absolute atomic E-state index is 6.06. The van der Waals surface area contributed by atoms with E-state index in [9.17, 15) is 0 Å². The van der Waals surface area contributed by atoms with Crippen LogP contribution in [0.15, 0.2) is 41.5 Å². The van der Waals surface area contributed by atoms with E-state index in [1.165, 1.54) is 12.8 Å². The van der Waals surface area contributed by atoms with Gasteiger partial charge in [0, 0.05) is 30.4 Å². The third kappa shape index (κ3) is 7.35. The SMILES string of the molecule is CC(C)CCCC(C)NC(N)=NCc1cn(C)nc1-c1ccccc1.I. The lowest BCUT2D eigenvalue weighted by molar-refractivity contribution is 0.493. The normalized spacial score (nSPS) is 12.7. The predicted molar refractivity (Wildman–Crippen MR) is 121 cm³/mol. The van der Waals surface area contributed by atoms with E-state index in [0.717, 1.165) is 29.2 Å². The Hall–Kier alpha value is -1.57. The van der Waals surface area contributed by atoms with E-state index >= 15 is 0 Å². The van der Waals surface area contributed by atoms with Gasteiger partial charge in [-0.05, 0) is 19.3 Å². The lowest BCUT2D eigenvalue weighted by Gasteiger charge is -2.15. The van der Waals surface area contributed by atoms with E-state index in [2.05, 4.69) is 48.3 Å². The van der Waals surface area contributed by atoms with Gasteiger partial charge in [0.05, 0.1) is 12.2 Å². The zero-order valence-corrected chi connectivity index (χ0v) is 18.6. The van der Waals surface area contributed by atoms with E-state index in [1.54, 1.807) is 0 Å². The molecule has 0 radical (unpaired) electrons. The van der Waals surface area contributed by atoms with Gasteiger partial charge in [0.2, 0.25) is 0 Å². The molecule has 1 unspecified atom stereocenters. The van der Waals surface area contributed by atoms with Crippen molar-refractivity contribution >= 4 is 29.9 Å². The molecular weight excluding hydrogens is 437 g/mol. The zero-order valence-electron chi connectivity index (χ0n) is 16.3. The van der Waals surface area contributed by atoms with Crippen LogP contribution in [0, 0.1) is 5.92 Å². The molecule has 1 aromatic carbocycles. The van der Waals surface area contributed by atoms with Crippen LogP contribution in [0.5, 0.6) is 0 Å². The van der Waals surface area contributed by atoms with Gasteiger partial charge in [-0.2, -0.15) is 5.10 Å². The van der Waals surface area contributed by atoms with E-state index in [1.807, 2.05) is 36.1 Å². The summed E-state index contributed by atoms with van der Waals surface area (Å²) in [6.07, 6.45) is 5.57. The fourth-order valence-corrected chi connectivity index (χ4v) is 2.87. The Balaban J connectivity index is 0.00000338. The first-order valence-electron chi connectivity index (χ1n) is 9.10. The molecule has 0 saturated heterocycles. The van der Waals surface area contributed by atoms with E-state index in [4.69, 9.17) is 5.73 Å². The molecule has 0 saturated carbocycles. The van der Waals surface area contributed by atoms with Gasteiger partial charge in [-0.25, -0.2) is 4.99 Å². The maximum Gasteiger partial charge on any atom is 0.189 e. The van der Waals surface area contributed by atoms with Crippen LogP contribution in [0.25, 0.3) is 11.3 Å². The molecule has 0 fully saturated rings. The number of nitrogens with zero attached hydrogens (tertiary/aromatic N) is 3. The average molecular weight is 469 g/mol. The second-order valence-electron chi connectivity index (χ2n) is 7.11. The lowest BCUT2D eigenvalue weighted by atomic mass is 10.0. The number of rotatable bonds is 8. The third-order valence-electron chi connectivity index (χ3n) is 4.18. The molecule has 1 atom stereocenters. The molecule has 1 heterocycles. The fourth-order valence-electron chi connectivity index (χ4n) is 2.87. The molecule has 0 amide bonds. The van der Waals surface area contributed by atoms with Crippen LogP contribution in [0.4, 0.5) is 0 Å². The highest BCUT2D eigenvalue weighted by Crippen LogP contribution is 2.22. The summed E-state index contributed by atoms with van der Waals surface area (Å²) in [5.41, 5.74) is 9.20. The van der Waals surface area contributed by atoms with Gasteiger partial charge in [0.1, 0.15) is 0 Å². The Bertz CT molecular complexity index is 679. The third-order valence-corrected chi connectivity index (χ3v) is 4.18. The second-order valence-corrected chi connectivity index (χ2v) is 7.11. The Morgan fingerprint density at radius 3 is 2.54 bits per heavy atom. The minimum atomic E-state index is 0. The van der Waals surface area contributed by atoms with Crippen molar-refractivity contribution in [3.63, 3.8) is 0 Å². The maximum atomic E-state index is 6.06. The average Bonchev–Trinajstić information content (AvgIpc) is 2.94. The number of benzene rings is 1. The van der Waals surface area contributed by atoms with Crippen LogP contribution in [0.3, 0.4) is 0 Å². The summed E-state index contributed by atoms with van der Waals surface area (Å²) in [7, 11) is 1.93. The van der Waals surface area contributed by atoms with E-state index in [-0.39, 0.29) is 24.0 Å². The molecule has 0 spiro atoms. The molecule has 6 heteroatoms. The minimum Gasteiger partial charge on any atom is -0.370 e. The van der Waals surface area contributed by atoms with Crippen LogP contribution in [-0.2, 0) is 13.6 Å². The molecule has 3 N–H and O–H groups in total. The molecule has 5 nitrogen and oxygen atoms in total. The number of hydrogen-bond acceptors (Lipinski definition) is 2. The number of halogens is 1. The lowest BCUT2D eigenvalue weighted by Crippen LogP contribution is -2.38. The van der Waals surface area contributed by atoms with Crippen LogP contribution in [-0.4, -0.2) is 21.8 Å². The van der Waals surface area contributed by atoms with Crippen LogP contribution in [0.1, 0.15) is 45.6 Å². The van der Waals surface area contributed by atoms with Crippen molar-refractivity contribution in [1.29, 1.82) is 0 Å². The van der Waals surface area contributed by atoms with Gasteiger partial charge in [0.15, 0.2) is 5.96 Å². The second kappa shape index (κ2) is 11.2. The molecule has 0 bridgehead atoms. The van der Waals surface area contributed by atoms with E-state index < -0.39 is 0 Å². The Morgan fingerprint density at radius 1 is 1.19 bits per heavy atom. The molecule has 0 aliphatic rings. The molecule has 0 aliphatic carbocycles. The fraction of sp³-hybridized carbons (Fsp3) is 0.500. The Labute approximate surface area is 174 Å². The largest absolute Gasteiger partial charge is 0.370 e. The van der Waals surface area contributed by atoms with Crippen molar-refractivity contribution in [3.05, 3.63) is 42.1 Å². The molecule has 26 heavy (non-hydrogen) atoms. The van der Waals surface area contributed by atoms with Crippen molar-refractivity contribution in [2.24, 2.45) is 23.7 Å². The molecular formula is C20H32IN5. The minimum absolute atomic E-state index is 0. The van der Waals surface area contributed by atoms with Crippen molar-refractivity contribution in [2.75, 3.05) is 0 Å². The molecule has 2 aromatic rings. The summed E-state index contributed by atoms with van der Waals surface area (Å²) in [6, 6.07) is 10.5. The first kappa shape index (κ1) is 22.5. The summed E-state index contributed by atoms with van der Waals surface area (Å²) >= 11 is 0. The standard InChI is InChI=1S/C20H31N5.HI/c1-15(2)9-8-10-16(3)23-20(21)22-13-18-14-25(4)24-19(18)17-11-6-5-7-12-17;/h5-7,11-12,14-16H,8-10,13H2,1-4H3,(H3,21,22,23);1H. The van der Waals surface area contributed by atoms with Gasteiger partial charge in [-0.3, -0.25) is 4.68 Å². The number of aryl methyl sites for hydroxylation is 1. The summed E-state index contributed by atoms with van der Waals surface area (Å²) < 4.78 is 1.82. The quantitative estimate of drug-likeness (QED) is 0.344. The van der Waals surface area contributed by atoms with Gasteiger partial charge < -0.3 is 11.1 Å². The van der Waals surface area contributed by atoms with Crippen molar-refractivity contribution in [1.82, 2.24) is 15.1 Å². The number of guanidine groups is 1. The molecule has 144 valence electrons. The number of nitrogens with one attached hydrogen (secondary N) is 1. The first-order chi connectivity index (χ1) is 12.0. The van der Waals surface area contributed by atoms with Gasteiger partial charge in [0.25, 0.3) is 0 Å². The summed E-state index contributed by atoms with van der Waals surface area (Å²) in [5.74, 6) is 1.25. The smallest absolute Gasteiger partial charge is 0.189 e. The summed E-state index contributed by atoms with van der Waals surface area (Å²) in [5, 5.41) is 7.85. The number of aromatic nitrogens is 2. The topological polar surface area (TPSA) is 68.2 Å². The monoisotopic (exact) mass is 469 g/mol. The van der Waals surface area contributed by atoms with Crippen LogP contribution in [0.2, 0.25) is 0 Å². The van der Waals surface area contributed by atoms with Crippen LogP contribution >= 0.6 is 24.0 Å². The van der Waals surface area contributed by atoms with Gasteiger partial charge >= 0.3 is 0 Å². The van der Waals surface area contributed by atoms with Gasteiger partial charge in [-0.15, -0.1) is 24.0 Å². The predicted octanol–water partition coefficient (Wildman–Crippen LogP) is 4.32. The number of aliphatic imine (C=N–C) groups is 1. The zero-order chi connectivity index (χ0) is 18.2. The number of nitrogens with two attached hydrogens (primary N) is 1. The first-order valence-corrected chi connectivity index (χ1v) is 9.10. The van der Waals surface area contributed by atoms with Crippen LogP contribution < -0.4 is 11.1 Å².